The van der Waals surface area contributed by atoms with Gasteiger partial charge in [0.15, 0.2) is 0 Å². The van der Waals surface area contributed by atoms with Crippen molar-refractivity contribution in [3.63, 3.8) is 0 Å². The number of rotatable bonds is 4. The van der Waals surface area contributed by atoms with Gasteiger partial charge in [-0.3, -0.25) is 4.99 Å². The maximum atomic E-state index is 10.2. The Kier molecular flexibility index (Phi) is 5.39. The predicted molar refractivity (Wildman–Crippen MR) is 126 cm³/mol. The van der Waals surface area contributed by atoms with E-state index in [1.807, 2.05) is 42.5 Å². The van der Waals surface area contributed by atoms with Crippen molar-refractivity contribution < 1.29 is 14.9 Å². The van der Waals surface area contributed by atoms with Gasteiger partial charge < -0.3 is 14.9 Å². The zero-order chi connectivity index (χ0) is 22.0. The lowest BCUT2D eigenvalue weighted by Gasteiger charge is -2.47. The highest BCUT2D eigenvalue weighted by molar-refractivity contribution is 5.84. The molecule has 1 heterocycles. The van der Waals surface area contributed by atoms with Crippen LogP contribution in [0.5, 0.6) is 17.2 Å². The fourth-order valence-corrected chi connectivity index (χ4v) is 4.81. The van der Waals surface area contributed by atoms with Crippen molar-refractivity contribution in [2.24, 2.45) is 15.9 Å². The number of para-hydroxylation sites is 3. The molecule has 1 aliphatic heterocycles. The van der Waals surface area contributed by atoms with Gasteiger partial charge >= 0.3 is 0 Å². The molecular weight excluding hydrogens is 400 g/mol. The largest absolute Gasteiger partial charge is 0.507 e. The van der Waals surface area contributed by atoms with Crippen LogP contribution in [-0.4, -0.2) is 28.4 Å². The molecule has 0 unspecified atom stereocenters. The number of phenols is 2. The van der Waals surface area contributed by atoms with Crippen molar-refractivity contribution in [1.29, 1.82) is 0 Å². The highest BCUT2D eigenvalue weighted by Crippen LogP contribution is 2.52. The minimum Gasteiger partial charge on any atom is -0.507 e. The number of hydrogen-bond donors (Lipinski definition) is 2. The first kappa shape index (κ1) is 20.3. The van der Waals surface area contributed by atoms with E-state index < -0.39 is 5.72 Å². The van der Waals surface area contributed by atoms with Crippen molar-refractivity contribution in [2.75, 3.05) is 0 Å². The summed E-state index contributed by atoms with van der Waals surface area (Å²) < 4.78 is 6.59. The maximum Gasteiger partial charge on any atom is 0.205 e. The minimum atomic E-state index is -0.740. The fourth-order valence-electron chi connectivity index (χ4n) is 4.81. The quantitative estimate of drug-likeness (QED) is 0.529. The number of hydrogen-bond acceptors (Lipinski definition) is 5. The summed E-state index contributed by atoms with van der Waals surface area (Å²) in [6, 6.07) is 22.3. The molecule has 0 bridgehead atoms. The molecule has 0 aromatic heterocycles. The molecule has 1 aliphatic carbocycles. The van der Waals surface area contributed by atoms with E-state index in [1.165, 1.54) is 0 Å². The SMILES string of the molecule is Oc1ccccc1C=N[C@H]1c2ccccc2O[C@]2(N=Cc3ccccc3O)CCCC[C@H]12. The van der Waals surface area contributed by atoms with Crippen LogP contribution in [0.4, 0.5) is 0 Å². The Balaban J connectivity index is 1.57. The predicted octanol–water partition coefficient (Wildman–Crippen LogP) is 5.66. The second-order valence-electron chi connectivity index (χ2n) is 8.44. The van der Waals surface area contributed by atoms with Crippen molar-refractivity contribution in [1.82, 2.24) is 0 Å². The van der Waals surface area contributed by atoms with E-state index in [0.717, 1.165) is 37.0 Å². The van der Waals surface area contributed by atoms with Crippen LogP contribution < -0.4 is 4.74 Å². The van der Waals surface area contributed by atoms with Crippen LogP contribution in [0.2, 0.25) is 0 Å². The van der Waals surface area contributed by atoms with Gasteiger partial charge in [0.2, 0.25) is 5.72 Å². The highest BCUT2D eigenvalue weighted by atomic mass is 16.5. The average Bonchev–Trinajstić information content (AvgIpc) is 2.82. The summed E-state index contributed by atoms with van der Waals surface area (Å²) in [6.07, 6.45) is 7.33. The second-order valence-corrected chi connectivity index (χ2v) is 8.44. The zero-order valence-corrected chi connectivity index (χ0v) is 17.8. The van der Waals surface area contributed by atoms with Crippen LogP contribution in [0.15, 0.2) is 82.8 Å². The summed E-state index contributed by atoms with van der Waals surface area (Å²) >= 11 is 0. The van der Waals surface area contributed by atoms with Crippen LogP contribution in [-0.2, 0) is 0 Å². The summed E-state index contributed by atoms with van der Waals surface area (Å²) in [5.74, 6) is 1.25. The second kappa shape index (κ2) is 8.50. The molecular formula is C27H26N2O3. The molecule has 0 amide bonds. The maximum absolute atomic E-state index is 10.2. The van der Waals surface area contributed by atoms with E-state index in [2.05, 4.69) is 6.07 Å². The van der Waals surface area contributed by atoms with Crippen LogP contribution in [0.1, 0.15) is 48.4 Å². The molecule has 0 saturated heterocycles. The lowest BCUT2D eigenvalue weighted by Crippen LogP contribution is -2.49. The number of aromatic hydroxyl groups is 2. The summed E-state index contributed by atoms with van der Waals surface area (Å²) in [4.78, 5) is 9.93. The number of benzene rings is 3. The van der Waals surface area contributed by atoms with Crippen LogP contribution >= 0.6 is 0 Å². The van der Waals surface area contributed by atoms with Gasteiger partial charge in [0.25, 0.3) is 0 Å². The van der Waals surface area contributed by atoms with Gasteiger partial charge in [0.1, 0.15) is 17.2 Å². The standard InChI is InChI=1S/C27H26N2O3/c30-23-13-4-1-9-19(23)17-28-26-21-11-3-6-15-25(21)32-27(16-8-7-12-22(26)27)29-18-20-10-2-5-14-24(20)31/h1-6,9-11,13-15,17-18,22,26,30-31H,7-8,12,16H2/t22-,26+,27-/m1/s1. The molecule has 5 rings (SSSR count). The van der Waals surface area contributed by atoms with Crippen molar-refractivity contribution in [2.45, 2.75) is 37.5 Å². The lowest BCUT2D eigenvalue weighted by atomic mass is 9.73. The Hall–Kier alpha value is -3.60. The molecule has 1 saturated carbocycles. The molecule has 0 spiro atoms. The average molecular weight is 427 g/mol. The summed E-state index contributed by atoms with van der Waals surface area (Å²) in [5.41, 5.74) is 1.66. The topological polar surface area (TPSA) is 74.4 Å². The Bertz CT molecular complexity index is 1170. The Morgan fingerprint density at radius 1 is 0.812 bits per heavy atom. The summed E-state index contributed by atoms with van der Waals surface area (Å²) in [7, 11) is 0. The molecule has 2 aliphatic rings. The molecule has 3 aromatic carbocycles. The first-order chi connectivity index (χ1) is 15.7. The molecule has 32 heavy (non-hydrogen) atoms. The number of phenolic OH excluding ortho intramolecular Hbond substituents is 2. The molecule has 1 fully saturated rings. The number of fused-ring (bicyclic) bond motifs is 2. The van der Waals surface area contributed by atoms with Gasteiger partial charge in [-0.15, -0.1) is 0 Å². The van der Waals surface area contributed by atoms with E-state index >= 15 is 0 Å². The molecule has 162 valence electrons. The van der Waals surface area contributed by atoms with Crippen LogP contribution in [0.3, 0.4) is 0 Å². The van der Waals surface area contributed by atoms with Gasteiger partial charge in [0.05, 0.1) is 6.04 Å². The fraction of sp³-hybridized carbons (Fsp3) is 0.259. The van der Waals surface area contributed by atoms with Gasteiger partial charge in [-0.05, 0) is 43.2 Å². The Morgan fingerprint density at radius 2 is 1.47 bits per heavy atom. The first-order valence-corrected chi connectivity index (χ1v) is 11.1. The molecule has 3 aromatic rings. The third kappa shape index (κ3) is 3.75. The number of nitrogens with zero attached hydrogens (tertiary/aromatic N) is 2. The molecule has 3 atom stereocenters. The smallest absolute Gasteiger partial charge is 0.205 e. The molecule has 0 radical (unpaired) electrons. The van der Waals surface area contributed by atoms with Gasteiger partial charge in [-0.2, -0.15) is 0 Å². The van der Waals surface area contributed by atoms with Crippen molar-refractivity contribution in [3.05, 3.63) is 89.5 Å². The van der Waals surface area contributed by atoms with Gasteiger partial charge in [-0.1, -0.05) is 48.9 Å². The van der Waals surface area contributed by atoms with Gasteiger partial charge in [-0.25, -0.2) is 4.99 Å². The van der Waals surface area contributed by atoms with E-state index in [4.69, 9.17) is 14.7 Å². The summed E-state index contributed by atoms with van der Waals surface area (Å²) in [5, 5.41) is 20.4. The Morgan fingerprint density at radius 3 is 2.22 bits per heavy atom. The summed E-state index contributed by atoms with van der Waals surface area (Å²) in [6.45, 7) is 0. The van der Waals surface area contributed by atoms with Crippen LogP contribution in [0, 0.1) is 5.92 Å². The molecule has 5 nitrogen and oxygen atoms in total. The van der Waals surface area contributed by atoms with E-state index in [9.17, 15) is 10.2 Å². The van der Waals surface area contributed by atoms with E-state index in [1.54, 1.807) is 36.7 Å². The lowest BCUT2D eigenvalue weighted by molar-refractivity contribution is -0.0426. The molecule has 2 N–H and O–H groups in total. The van der Waals surface area contributed by atoms with E-state index in [-0.39, 0.29) is 23.5 Å². The van der Waals surface area contributed by atoms with Crippen molar-refractivity contribution >= 4 is 12.4 Å². The van der Waals surface area contributed by atoms with E-state index in [0.29, 0.717) is 11.1 Å². The van der Waals surface area contributed by atoms with Gasteiger partial charge in [0, 0.05) is 41.5 Å². The molecule has 5 heteroatoms. The third-order valence-electron chi connectivity index (χ3n) is 6.45. The monoisotopic (exact) mass is 426 g/mol. The highest BCUT2D eigenvalue weighted by Gasteiger charge is 2.51. The normalized spacial score (nSPS) is 24.8. The third-order valence-corrected chi connectivity index (χ3v) is 6.45. The number of ether oxygens (including phenoxy) is 1. The van der Waals surface area contributed by atoms with Crippen LogP contribution in [0.25, 0.3) is 0 Å². The first-order valence-electron chi connectivity index (χ1n) is 11.1. The van der Waals surface area contributed by atoms with Crippen molar-refractivity contribution in [3.8, 4) is 17.2 Å². The number of aliphatic imine (C=N–C) groups is 2. The Labute approximate surface area is 187 Å². The minimum absolute atomic E-state index is 0.0513. The zero-order valence-electron chi connectivity index (χ0n) is 17.8.